The Kier molecular flexibility index (Phi) is 5.96. The Hall–Kier alpha value is -3.32. The van der Waals surface area contributed by atoms with Gasteiger partial charge in [0.15, 0.2) is 0 Å². The summed E-state index contributed by atoms with van der Waals surface area (Å²) < 4.78 is 38.5. The lowest BCUT2D eigenvalue weighted by Gasteiger charge is -2.12. The molecule has 0 aliphatic heterocycles. The SMILES string of the molecule is CCOC(=O)c1ccccc1NS(=O)(=O)c1ccc(Oc2ccccc2)cc1. The van der Waals surface area contributed by atoms with Gasteiger partial charge in [-0.2, -0.15) is 0 Å². The molecule has 28 heavy (non-hydrogen) atoms. The summed E-state index contributed by atoms with van der Waals surface area (Å²) in [6.07, 6.45) is 0. The Morgan fingerprint density at radius 1 is 0.857 bits per heavy atom. The van der Waals surface area contributed by atoms with Gasteiger partial charge in [0.1, 0.15) is 11.5 Å². The van der Waals surface area contributed by atoms with Crippen LogP contribution >= 0.6 is 0 Å². The van der Waals surface area contributed by atoms with E-state index in [1.807, 2.05) is 18.2 Å². The Labute approximate surface area is 163 Å². The number of nitrogens with one attached hydrogen (secondary N) is 1. The number of carbonyl (C=O) groups is 1. The zero-order valence-electron chi connectivity index (χ0n) is 15.2. The molecular formula is C21H19NO5S. The van der Waals surface area contributed by atoms with Gasteiger partial charge in [-0.25, -0.2) is 13.2 Å². The largest absolute Gasteiger partial charge is 0.462 e. The molecule has 0 fully saturated rings. The Morgan fingerprint density at radius 3 is 2.14 bits per heavy atom. The van der Waals surface area contributed by atoms with Gasteiger partial charge in [0, 0.05) is 0 Å². The fourth-order valence-corrected chi connectivity index (χ4v) is 3.55. The van der Waals surface area contributed by atoms with Crippen LogP contribution in [0.5, 0.6) is 11.5 Å². The van der Waals surface area contributed by atoms with E-state index < -0.39 is 16.0 Å². The highest BCUT2D eigenvalue weighted by Gasteiger charge is 2.19. The molecule has 0 heterocycles. The van der Waals surface area contributed by atoms with Crippen molar-refractivity contribution in [2.45, 2.75) is 11.8 Å². The van der Waals surface area contributed by atoms with Crippen LogP contribution in [0.25, 0.3) is 0 Å². The van der Waals surface area contributed by atoms with Crippen molar-refractivity contribution in [2.75, 3.05) is 11.3 Å². The Bertz CT molecular complexity index is 1050. The van der Waals surface area contributed by atoms with Crippen molar-refractivity contribution < 1.29 is 22.7 Å². The molecule has 0 saturated carbocycles. The first kappa shape index (κ1) is 19.4. The van der Waals surface area contributed by atoms with E-state index in [1.165, 1.54) is 24.3 Å². The maximum Gasteiger partial charge on any atom is 0.340 e. The van der Waals surface area contributed by atoms with Crippen molar-refractivity contribution in [3.63, 3.8) is 0 Å². The molecule has 7 heteroatoms. The van der Waals surface area contributed by atoms with Gasteiger partial charge in [0.05, 0.1) is 22.8 Å². The molecule has 3 aromatic rings. The first-order chi connectivity index (χ1) is 13.5. The number of hydrogen-bond donors (Lipinski definition) is 1. The average molecular weight is 397 g/mol. The highest BCUT2D eigenvalue weighted by Crippen LogP contribution is 2.25. The molecule has 0 aromatic heterocycles. The average Bonchev–Trinajstić information content (AvgIpc) is 2.69. The van der Waals surface area contributed by atoms with Crippen LogP contribution < -0.4 is 9.46 Å². The molecule has 0 aliphatic rings. The summed E-state index contributed by atoms with van der Waals surface area (Å²) in [5.74, 6) is 0.573. The predicted octanol–water partition coefficient (Wildman–Crippen LogP) is 4.46. The zero-order valence-corrected chi connectivity index (χ0v) is 16.0. The minimum atomic E-state index is -3.89. The fraction of sp³-hybridized carbons (Fsp3) is 0.0952. The second-order valence-electron chi connectivity index (χ2n) is 5.76. The second-order valence-corrected chi connectivity index (χ2v) is 7.44. The lowest BCUT2D eigenvalue weighted by Crippen LogP contribution is -2.16. The van der Waals surface area contributed by atoms with Gasteiger partial charge in [-0.15, -0.1) is 0 Å². The molecule has 0 atom stereocenters. The molecule has 0 aliphatic carbocycles. The first-order valence-electron chi connectivity index (χ1n) is 8.61. The van der Waals surface area contributed by atoms with Crippen molar-refractivity contribution in [3.05, 3.63) is 84.4 Å². The summed E-state index contributed by atoms with van der Waals surface area (Å²) in [6, 6.07) is 21.5. The monoisotopic (exact) mass is 397 g/mol. The number of carbonyl (C=O) groups excluding carboxylic acids is 1. The molecule has 3 rings (SSSR count). The van der Waals surface area contributed by atoms with Crippen LogP contribution in [-0.4, -0.2) is 21.0 Å². The molecule has 1 N–H and O–H groups in total. The van der Waals surface area contributed by atoms with E-state index in [0.717, 1.165) is 0 Å². The van der Waals surface area contributed by atoms with E-state index in [2.05, 4.69) is 4.72 Å². The Morgan fingerprint density at radius 2 is 1.46 bits per heavy atom. The van der Waals surface area contributed by atoms with Crippen LogP contribution in [0.15, 0.2) is 83.8 Å². The van der Waals surface area contributed by atoms with Gasteiger partial charge in [0.2, 0.25) is 0 Å². The summed E-state index contributed by atoms with van der Waals surface area (Å²) in [4.78, 5) is 12.1. The van der Waals surface area contributed by atoms with E-state index in [1.54, 1.807) is 43.3 Å². The van der Waals surface area contributed by atoms with Crippen LogP contribution in [0, 0.1) is 0 Å². The van der Waals surface area contributed by atoms with Crippen LogP contribution in [-0.2, 0) is 14.8 Å². The van der Waals surface area contributed by atoms with Crippen molar-refractivity contribution in [2.24, 2.45) is 0 Å². The van der Waals surface area contributed by atoms with Gasteiger partial charge in [-0.05, 0) is 55.5 Å². The minimum absolute atomic E-state index is 0.0478. The number of rotatable bonds is 7. The number of anilines is 1. The van der Waals surface area contributed by atoms with Crippen LogP contribution in [0.2, 0.25) is 0 Å². The standard InChI is InChI=1S/C21H19NO5S/c1-2-26-21(23)19-10-6-7-11-20(19)22-28(24,25)18-14-12-17(13-15-18)27-16-8-4-3-5-9-16/h3-15,22H,2H2,1H3. The summed E-state index contributed by atoms with van der Waals surface area (Å²) in [5.41, 5.74) is 0.308. The van der Waals surface area contributed by atoms with Crippen molar-refractivity contribution >= 4 is 21.7 Å². The fourth-order valence-electron chi connectivity index (χ4n) is 2.47. The third kappa shape index (κ3) is 4.69. The summed E-state index contributed by atoms with van der Waals surface area (Å²) in [7, 11) is -3.89. The number of ether oxygens (including phenoxy) is 2. The molecular weight excluding hydrogens is 378 g/mol. The van der Waals surface area contributed by atoms with E-state index in [-0.39, 0.29) is 22.8 Å². The maximum atomic E-state index is 12.7. The minimum Gasteiger partial charge on any atom is -0.462 e. The van der Waals surface area contributed by atoms with Gasteiger partial charge < -0.3 is 9.47 Å². The molecule has 0 radical (unpaired) electrons. The smallest absolute Gasteiger partial charge is 0.340 e. The van der Waals surface area contributed by atoms with Crippen molar-refractivity contribution in [1.82, 2.24) is 0 Å². The highest BCUT2D eigenvalue weighted by molar-refractivity contribution is 7.92. The normalized spacial score (nSPS) is 10.9. The van der Waals surface area contributed by atoms with Crippen LogP contribution in [0.1, 0.15) is 17.3 Å². The number of benzene rings is 3. The van der Waals surface area contributed by atoms with Gasteiger partial charge >= 0.3 is 5.97 Å². The number of esters is 1. The molecule has 144 valence electrons. The molecule has 0 unspecified atom stereocenters. The number of para-hydroxylation sites is 2. The topological polar surface area (TPSA) is 81.7 Å². The number of hydrogen-bond acceptors (Lipinski definition) is 5. The van der Waals surface area contributed by atoms with Gasteiger partial charge in [-0.3, -0.25) is 4.72 Å². The van der Waals surface area contributed by atoms with E-state index >= 15 is 0 Å². The molecule has 0 saturated heterocycles. The predicted molar refractivity (Wildman–Crippen MR) is 106 cm³/mol. The summed E-state index contributed by atoms with van der Waals surface area (Å²) in [6.45, 7) is 1.88. The second kappa shape index (κ2) is 8.58. The molecule has 0 bridgehead atoms. The van der Waals surface area contributed by atoms with Gasteiger partial charge in [0.25, 0.3) is 10.0 Å². The van der Waals surface area contributed by atoms with E-state index in [4.69, 9.17) is 9.47 Å². The quantitative estimate of drug-likeness (QED) is 0.596. The van der Waals surface area contributed by atoms with Crippen molar-refractivity contribution in [1.29, 1.82) is 0 Å². The van der Waals surface area contributed by atoms with Crippen molar-refractivity contribution in [3.8, 4) is 11.5 Å². The lowest BCUT2D eigenvalue weighted by atomic mass is 10.2. The number of sulfonamides is 1. The summed E-state index contributed by atoms with van der Waals surface area (Å²) in [5, 5.41) is 0. The van der Waals surface area contributed by atoms with Crippen LogP contribution in [0.4, 0.5) is 5.69 Å². The van der Waals surface area contributed by atoms with E-state index in [0.29, 0.717) is 11.5 Å². The molecule has 0 amide bonds. The Balaban J connectivity index is 1.79. The zero-order chi connectivity index (χ0) is 20.0. The van der Waals surface area contributed by atoms with Gasteiger partial charge in [-0.1, -0.05) is 30.3 Å². The lowest BCUT2D eigenvalue weighted by molar-refractivity contribution is 0.0527. The maximum absolute atomic E-state index is 12.7. The van der Waals surface area contributed by atoms with E-state index in [9.17, 15) is 13.2 Å². The molecule has 6 nitrogen and oxygen atoms in total. The third-order valence-electron chi connectivity index (χ3n) is 3.78. The van der Waals surface area contributed by atoms with Crippen LogP contribution in [0.3, 0.4) is 0 Å². The molecule has 0 spiro atoms. The summed E-state index contributed by atoms with van der Waals surface area (Å²) >= 11 is 0. The highest BCUT2D eigenvalue weighted by atomic mass is 32.2. The third-order valence-corrected chi connectivity index (χ3v) is 5.16. The molecule has 3 aromatic carbocycles. The first-order valence-corrected chi connectivity index (χ1v) is 10.1.